The summed E-state index contributed by atoms with van der Waals surface area (Å²) in [6.45, 7) is 7.93. The highest BCUT2D eigenvalue weighted by molar-refractivity contribution is 6.31. The molecule has 0 aromatic heterocycles. The van der Waals surface area contributed by atoms with Crippen LogP contribution in [0.2, 0.25) is 5.02 Å². The summed E-state index contributed by atoms with van der Waals surface area (Å²) in [5.74, 6) is -1.18. The van der Waals surface area contributed by atoms with Crippen molar-refractivity contribution in [2.24, 2.45) is 0 Å². The maximum Gasteiger partial charge on any atom is 0.329 e. The Morgan fingerprint density at radius 1 is 0.971 bits per heavy atom. The predicted octanol–water partition coefficient (Wildman–Crippen LogP) is 6.79. The second-order valence-electron chi connectivity index (χ2n) is 9.64. The van der Waals surface area contributed by atoms with E-state index in [0.29, 0.717) is 18.4 Å². The standard InChI is InChI=1S/C29H31ClN2O3/c1-17-13-21(9-10-25(17)30)20(4)31-24-8-6-7-22(16-24)23-14-18(2)26(19(3)15-23)27(33)32(5)29(11-12-29)28(34)35/h6-10,13-16,20,31H,11-12H2,1-5H3,(H,34,35)/t20-/m1/s1. The van der Waals surface area contributed by atoms with Gasteiger partial charge in [-0.3, -0.25) is 4.79 Å². The summed E-state index contributed by atoms with van der Waals surface area (Å²) >= 11 is 6.18. The molecule has 6 heteroatoms. The van der Waals surface area contributed by atoms with Crippen LogP contribution >= 0.6 is 11.6 Å². The summed E-state index contributed by atoms with van der Waals surface area (Å²) in [6, 6.07) is 18.4. The summed E-state index contributed by atoms with van der Waals surface area (Å²) < 4.78 is 0. The fraction of sp³-hybridized carbons (Fsp3) is 0.310. The van der Waals surface area contributed by atoms with Gasteiger partial charge in [-0.05, 0) is 92.1 Å². The molecule has 0 radical (unpaired) electrons. The van der Waals surface area contributed by atoms with Gasteiger partial charge in [0.1, 0.15) is 5.54 Å². The van der Waals surface area contributed by atoms with Crippen LogP contribution in [0.4, 0.5) is 5.69 Å². The fourth-order valence-corrected chi connectivity index (χ4v) is 4.82. The number of carboxylic acid groups (broad SMARTS) is 1. The minimum absolute atomic E-state index is 0.101. The molecule has 1 fully saturated rings. The molecule has 3 aromatic carbocycles. The van der Waals surface area contributed by atoms with E-state index in [2.05, 4.69) is 24.4 Å². The van der Waals surface area contributed by atoms with E-state index in [4.69, 9.17) is 11.6 Å². The lowest BCUT2D eigenvalue weighted by atomic mass is 9.94. The van der Waals surface area contributed by atoms with E-state index in [1.54, 1.807) is 7.05 Å². The van der Waals surface area contributed by atoms with Crippen molar-refractivity contribution in [2.75, 3.05) is 12.4 Å². The lowest BCUT2D eigenvalue weighted by Gasteiger charge is -2.26. The van der Waals surface area contributed by atoms with Crippen molar-refractivity contribution in [3.05, 3.63) is 87.4 Å². The fourth-order valence-electron chi connectivity index (χ4n) is 4.70. The molecule has 0 aliphatic heterocycles. The molecule has 1 aliphatic carbocycles. The molecule has 1 amide bonds. The van der Waals surface area contributed by atoms with Crippen molar-refractivity contribution < 1.29 is 14.7 Å². The van der Waals surface area contributed by atoms with Gasteiger partial charge in [-0.1, -0.05) is 48.0 Å². The molecule has 0 bridgehead atoms. The number of hydrogen-bond acceptors (Lipinski definition) is 3. The van der Waals surface area contributed by atoms with Crippen LogP contribution in [0.3, 0.4) is 0 Å². The normalized spacial score (nSPS) is 14.8. The highest BCUT2D eigenvalue weighted by Crippen LogP contribution is 2.42. The van der Waals surface area contributed by atoms with Gasteiger partial charge in [0, 0.05) is 29.4 Å². The largest absolute Gasteiger partial charge is 0.479 e. The zero-order valence-corrected chi connectivity index (χ0v) is 21.5. The van der Waals surface area contributed by atoms with E-state index in [9.17, 15) is 14.7 Å². The van der Waals surface area contributed by atoms with Crippen molar-refractivity contribution in [1.29, 1.82) is 0 Å². The van der Waals surface area contributed by atoms with E-state index in [-0.39, 0.29) is 11.9 Å². The molecular formula is C29H31ClN2O3. The van der Waals surface area contributed by atoms with Gasteiger partial charge in [0.25, 0.3) is 5.91 Å². The number of amides is 1. The number of nitrogens with one attached hydrogen (secondary N) is 1. The molecule has 3 aromatic rings. The number of rotatable bonds is 7. The maximum absolute atomic E-state index is 13.2. The summed E-state index contributed by atoms with van der Waals surface area (Å²) in [6.07, 6.45) is 0.989. The van der Waals surface area contributed by atoms with E-state index >= 15 is 0 Å². The molecule has 1 saturated carbocycles. The van der Waals surface area contributed by atoms with Gasteiger partial charge in [0.2, 0.25) is 0 Å². The Morgan fingerprint density at radius 3 is 2.20 bits per heavy atom. The Hall–Kier alpha value is -3.31. The Morgan fingerprint density at radius 2 is 1.63 bits per heavy atom. The molecule has 0 unspecified atom stereocenters. The van der Waals surface area contributed by atoms with E-state index < -0.39 is 11.5 Å². The summed E-state index contributed by atoms with van der Waals surface area (Å²) in [4.78, 5) is 26.3. The van der Waals surface area contributed by atoms with Crippen LogP contribution in [0, 0.1) is 20.8 Å². The van der Waals surface area contributed by atoms with Crippen LogP contribution in [0.1, 0.15) is 58.4 Å². The van der Waals surface area contributed by atoms with Crippen LogP contribution < -0.4 is 5.32 Å². The number of likely N-dealkylation sites (N-methyl/N-ethyl adjacent to an activating group) is 1. The van der Waals surface area contributed by atoms with Crippen LogP contribution in [0.25, 0.3) is 11.1 Å². The second-order valence-corrected chi connectivity index (χ2v) is 10.0. The van der Waals surface area contributed by atoms with Gasteiger partial charge in [-0.15, -0.1) is 0 Å². The molecule has 35 heavy (non-hydrogen) atoms. The van der Waals surface area contributed by atoms with Crippen LogP contribution in [0.15, 0.2) is 54.6 Å². The van der Waals surface area contributed by atoms with Crippen molar-refractivity contribution in [3.8, 4) is 11.1 Å². The topological polar surface area (TPSA) is 69.6 Å². The molecule has 5 nitrogen and oxygen atoms in total. The van der Waals surface area contributed by atoms with E-state index in [1.807, 2.05) is 63.2 Å². The van der Waals surface area contributed by atoms with Gasteiger partial charge in [-0.2, -0.15) is 0 Å². The Kier molecular flexibility index (Phi) is 6.65. The minimum atomic E-state index is -1.06. The number of benzene rings is 3. The lowest BCUT2D eigenvalue weighted by Crippen LogP contribution is -2.45. The number of carbonyl (C=O) groups is 2. The predicted molar refractivity (Wildman–Crippen MR) is 141 cm³/mol. The first-order valence-corrected chi connectivity index (χ1v) is 12.2. The SMILES string of the molecule is Cc1cc([C@@H](C)Nc2cccc(-c3cc(C)c(C(=O)N(C)C4(C(=O)O)CC4)c(C)c3)c2)ccc1Cl. The van der Waals surface area contributed by atoms with Crippen molar-refractivity contribution in [2.45, 2.75) is 52.1 Å². The first-order chi connectivity index (χ1) is 16.5. The number of carboxylic acids is 1. The monoisotopic (exact) mass is 490 g/mol. The van der Waals surface area contributed by atoms with Gasteiger partial charge >= 0.3 is 5.97 Å². The number of halogens is 1. The summed E-state index contributed by atoms with van der Waals surface area (Å²) in [5.41, 5.74) is 6.44. The quantitative estimate of drug-likeness (QED) is 0.382. The number of hydrogen-bond donors (Lipinski definition) is 2. The van der Waals surface area contributed by atoms with Gasteiger partial charge in [0.15, 0.2) is 0 Å². The zero-order chi connectivity index (χ0) is 25.5. The molecule has 4 rings (SSSR count). The molecular weight excluding hydrogens is 460 g/mol. The third-order valence-electron chi connectivity index (χ3n) is 7.08. The molecule has 1 atom stereocenters. The maximum atomic E-state index is 13.2. The minimum Gasteiger partial charge on any atom is -0.479 e. The number of aliphatic carboxylic acids is 1. The average Bonchev–Trinajstić information content (AvgIpc) is 3.62. The summed E-state index contributed by atoms with van der Waals surface area (Å²) in [5, 5.41) is 13.9. The first-order valence-electron chi connectivity index (χ1n) is 11.8. The van der Waals surface area contributed by atoms with Crippen LogP contribution in [0.5, 0.6) is 0 Å². The number of anilines is 1. The first kappa shape index (κ1) is 24.8. The highest BCUT2D eigenvalue weighted by Gasteiger charge is 2.55. The zero-order valence-electron chi connectivity index (χ0n) is 20.8. The van der Waals surface area contributed by atoms with Crippen LogP contribution in [-0.4, -0.2) is 34.5 Å². The Labute approximate surface area is 211 Å². The molecule has 0 saturated heterocycles. The number of nitrogens with zero attached hydrogens (tertiary/aromatic N) is 1. The molecule has 182 valence electrons. The molecule has 0 heterocycles. The van der Waals surface area contributed by atoms with Gasteiger partial charge < -0.3 is 15.3 Å². The van der Waals surface area contributed by atoms with Crippen LogP contribution in [-0.2, 0) is 4.79 Å². The third kappa shape index (κ3) is 4.78. The van der Waals surface area contributed by atoms with E-state index in [1.165, 1.54) is 4.90 Å². The Balaban J connectivity index is 1.58. The average molecular weight is 491 g/mol. The third-order valence-corrected chi connectivity index (χ3v) is 7.50. The van der Waals surface area contributed by atoms with E-state index in [0.717, 1.165) is 44.1 Å². The molecule has 2 N–H and O–H groups in total. The lowest BCUT2D eigenvalue weighted by molar-refractivity contribution is -0.143. The number of aryl methyl sites for hydroxylation is 3. The smallest absolute Gasteiger partial charge is 0.329 e. The van der Waals surface area contributed by atoms with Gasteiger partial charge in [0.05, 0.1) is 0 Å². The van der Waals surface area contributed by atoms with Crippen molar-refractivity contribution in [1.82, 2.24) is 4.90 Å². The van der Waals surface area contributed by atoms with Crippen molar-refractivity contribution >= 4 is 29.2 Å². The summed E-state index contributed by atoms with van der Waals surface area (Å²) in [7, 11) is 1.59. The highest BCUT2D eigenvalue weighted by atomic mass is 35.5. The van der Waals surface area contributed by atoms with Gasteiger partial charge in [-0.25, -0.2) is 4.79 Å². The second kappa shape index (κ2) is 9.38. The Bertz CT molecular complexity index is 1290. The molecule has 1 aliphatic rings. The number of carbonyl (C=O) groups excluding carboxylic acids is 1. The molecule has 0 spiro atoms. The van der Waals surface area contributed by atoms with Crippen molar-refractivity contribution in [3.63, 3.8) is 0 Å².